The first-order chi connectivity index (χ1) is 10.3. The minimum absolute atomic E-state index is 0.221. The Bertz CT molecular complexity index is 327. The lowest BCUT2D eigenvalue weighted by Gasteiger charge is -2.35. The Morgan fingerprint density at radius 1 is 0.682 bits per heavy atom. The van der Waals surface area contributed by atoms with Crippen molar-refractivity contribution in [3.05, 3.63) is 0 Å². The fourth-order valence-corrected chi connectivity index (χ4v) is 2.16. The molecular weight excluding hydrogens is 290 g/mol. The molecule has 0 rings (SSSR count). The van der Waals surface area contributed by atoms with Gasteiger partial charge in [-0.3, -0.25) is 19.3 Å². The van der Waals surface area contributed by atoms with Crippen LogP contribution < -0.4 is 0 Å². The summed E-state index contributed by atoms with van der Waals surface area (Å²) in [6.07, 6.45) is 0. The van der Waals surface area contributed by atoms with Crippen LogP contribution in [0.25, 0.3) is 0 Å². The van der Waals surface area contributed by atoms with E-state index in [1.54, 1.807) is 41.5 Å². The number of rotatable bonds is 9. The fourth-order valence-electron chi connectivity index (χ4n) is 2.16. The van der Waals surface area contributed by atoms with Crippen molar-refractivity contribution in [2.75, 3.05) is 19.8 Å². The monoisotopic (exact) mass is 317 g/mol. The molecule has 7 nitrogen and oxygen atoms in total. The molecule has 22 heavy (non-hydrogen) atoms. The number of carbonyl (C=O) groups is 3. The molecule has 0 unspecified atom stereocenters. The topological polar surface area (TPSA) is 82.1 Å². The van der Waals surface area contributed by atoms with Gasteiger partial charge in [0.2, 0.25) is 0 Å². The lowest BCUT2D eigenvalue weighted by Crippen LogP contribution is -2.55. The lowest BCUT2D eigenvalue weighted by atomic mass is 10.1. The van der Waals surface area contributed by atoms with E-state index in [1.165, 1.54) is 4.90 Å². The SMILES string of the molecule is CCOC(=O)[C@@H](C)N([C@H](C)C(=O)OCC)[C@H](C)C(=O)OCC. The Labute approximate surface area is 131 Å². The predicted molar refractivity (Wildman–Crippen MR) is 80.1 cm³/mol. The number of esters is 3. The van der Waals surface area contributed by atoms with Crippen molar-refractivity contribution in [3.8, 4) is 0 Å². The number of hydrogen-bond acceptors (Lipinski definition) is 7. The van der Waals surface area contributed by atoms with Crippen LogP contribution in [0.2, 0.25) is 0 Å². The molecule has 0 saturated carbocycles. The Morgan fingerprint density at radius 2 is 0.909 bits per heavy atom. The molecule has 3 atom stereocenters. The molecule has 128 valence electrons. The van der Waals surface area contributed by atoms with Gasteiger partial charge in [0.1, 0.15) is 18.1 Å². The average molecular weight is 317 g/mol. The quantitative estimate of drug-likeness (QED) is 0.466. The van der Waals surface area contributed by atoms with Gasteiger partial charge in [-0.15, -0.1) is 0 Å². The summed E-state index contributed by atoms with van der Waals surface area (Å²) >= 11 is 0. The summed E-state index contributed by atoms with van der Waals surface area (Å²) in [5.74, 6) is -1.51. The minimum Gasteiger partial charge on any atom is -0.465 e. The van der Waals surface area contributed by atoms with Crippen LogP contribution in [0.1, 0.15) is 41.5 Å². The zero-order valence-electron chi connectivity index (χ0n) is 14.3. The van der Waals surface area contributed by atoms with Gasteiger partial charge in [0.05, 0.1) is 19.8 Å². The molecule has 0 aliphatic rings. The van der Waals surface area contributed by atoms with E-state index in [0.717, 1.165) is 0 Å². The standard InChI is InChI=1S/C15H27NO6/c1-7-20-13(17)10(4)16(11(5)14(18)21-8-2)12(6)15(19)22-9-3/h10-12H,7-9H2,1-6H3/t10-,11-,12-/m1/s1. The third-order valence-corrected chi connectivity index (χ3v) is 3.22. The highest BCUT2D eigenvalue weighted by atomic mass is 16.5. The first-order valence-electron chi connectivity index (χ1n) is 7.58. The Balaban J connectivity index is 5.33. The van der Waals surface area contributed by atoms with Crippen LogP contribution in [0.15, 0.2) is 0 Å². The molecule has 0 spiro atoms. The molecule has 0 aromatic carbocycles. The third kappa shape index (κ3) is 5.63. The molecule has 0 aromatic heterocycles. The Kier molecular flexibility index (Phi) is 9.40. The van der Waals surface area contributed by atoms with Gasteiger partial charge in [-0.05, 0) is 41.5 Å². The van der Waals surface area contributed by atoms with Crippen LogP contribution in [0, 0.1) is 0 Å². The van der Waals surface area contributed by atoms with Crippen molar-refractivity contribution in [2.45, 2.75) is 59.7 Å². The smallest absolute Gasteiger partial charge is 0.323 e. The zero-order chi connectivity index (χ0) is 17.3. The van der Waals surface area contributed by atoms with Gasteiger partial charge in [-0.1, -0.05) is 0 Å². The van der Waals surface area contributed by atoms with Crippen LogP contribution in [0.3, 0.4) is 0 Å². The maximum absolute atomic E-state index is 12.0. The van der Waals surface area contributed by atoms with Gasteiger partial charge >= 0.3 is 17.9 Å². The van der Waals surface area contributed by atoms with Crippen molar-refractivity contribution >= 4 is 17.9 Å². The van der Waals surface area contributed by atoms with E-state index in [-0.39, 0.29) is 19.8 Å². The van der Waals surface area contributed by atoms with Crippen molar-refractivity contribution in [1.82, 2.24) is 4.90 Å². The molecule has 0 aromatic rings. The summed E-state index contributed by atoms with van der Waals surface area (Å²) in [4.78, 5) is 37.4. The van der Waals surface area contributed by atoms with Crippen LogP contribution in [0.5, 0.6) is 0 Å². The summed E-state index contributed by atoms with van der Waals surface area (Å²) in [7, 11) is 0. The second-order valence-corrected chi connectivity index (χ2v) is 4.73. The maximum atomic E-state index is 12.0. The van der Waals surface area contributed by atoms with Gasteiger partial charge < -0.3 is 14.2 Å². The molecule has 0 saturated heterocycles. The van der Waals surface area contributed by atoms with Gasteiger partial charge in [0.25, 0.3) is 0 Å². The largest absolute Gasteiger partial charge is 0.465 e. The second kappa shape index (κ2) is 10.2. The van der Waals surface area contributed by atoms with Crippen molar-refractivity contribution in [2.24, 2.45) is 0 Å². The highest BCUT2D eigenvalue weighted by Crippen LogP contribution is 2.15. The molecular formula is C15H27NO6. The van der Waals surface area contributed by atoms with Crippen LogP contribution in [-0.4, -0.2) is 60.8 Å². The van der Waals surface area contributed by atoms with E-state index < -0.39 is 36.0 Å². The third-order valence-electron chi connectivity index (χ3n) is 3.22. The molecule has 7 heteroatoms. The Morgan fingerprint density at radius 3 is 1.09 bits per heavy atom. The number of nitrogens with zero attached hydrogens (tertiary/aromatic N) is 1. The predicted octanol–water partition coefficient (Wildman–Crippen LogP) is 1.14. The molecule has 0 aliphatic carbocycles. The summed E-state index contributed by atoms with van der Waals surface area (Å²) in [6.45, 7) is 10.5. The van der Waals surface area contributed by atoms with Crippen molar-refractivity contribution in [1.29, 1.82) is 0 Å². The van der Waals surface area contributed by atoms with Gasteiger partial charge in [0.15, 0.2) is 0 Å². The van der Waals surface area contributed by atoms with Crippen molar-refractivity contribution < 1.29 is 28.6 Å². The Hall–Kier alpha value is -1.63. The number of carbonyl (C=O) groups excluding carboxylic acids is 3. The van der Waals surface area contributed by atoms with E-state index >= 15 is 0 Å². The van der Waals surface area contributed by atoms with E-state index in [1.807, 2.05) is 0 Å². The van der Waals surface area contributed by atoms with Gasteiger partial charge in [0, 0.05) is 0 Å². The summed E-state index contributed by atoms with van der Waals surface area (Å²) in [6, 6.07) is -2.34. The maximum Gasteiger partial charge on any atom is 0.323 e. The number of ether oxygens (including phenoxy) is 3. The zero-order valence-corrected chi connectivity index (χ0v) is 14.3. The van der Waals surface area contributed by atoms with Gasteiger partial charge in [-0.25, -0.2) is 0 Å². The van der Waals surface area contributed by atoms with E-state index in [2.05, 4.69) is 0 Å². The molecule has 0 radical (unpaired) electrons. The highest BCUT2D eigenvalue weighted by Gasteiger charge is 2.38. The molecule has 0 N–H and O–H groups in total. The van der Waals surface area contributed by atoms with Crippen LogP contribution in [-0.2, 0) is 28.6 Å². The molecule has 0 heterocycles. The van der Waals surface area contributed by atoms with Crippen LogP contribution in [0.4, 0.5) is 0 Å². The first-order valence-corrected chi connectivity index (χ1v) is 7.58. The van der Waals surface area contributed by atoms with E-state index in [9.17, 15) is 14.4 Å². The van der Waals surface area contributed by atoms with Crippen molar-refractivity contribution in [3.63, 3.8) is 0 Å². The van der Waals surface area contributed by atoms with E-state index in [4.69, 9.17) is 14.2 Å². The van der Waals surface area contributed by atoms with Gasteiger partial charge in [-0.2, -0.15) is 0 Å². The first kappa shape index (κ1) is 20.4. The molecule has 0 bridgehead atoms. The second-order valence-electron chi connectivity index (χ2n) is 4.73. The average Bonchev–Trinajstić information content (AvgIpc) is 2.47. The summed E-state index contributed by atoms with van der Waals surface area (Å²) in [5, 5.41) is 0. The van der Waals surface area contributed by atoms with E-state index in [0.29, 0.717) is 0 Å². The summed E-state index contributed by atoms with van der Waals surface area (Å²) in [5.41, 5.74) is 0. The highest BCUT2D eigenvalue weighted by molar-refractivity contribution is 5.82. The molecule has 0 fully saturated rings. The minimum atomic E-state index is -0.779. The normalized spacial score (nSPS) is 14.9. The lowest BCUT2D eigenvalue weighted by molar-refractivity contribution is -0.163. The summed E-state index contributed by atoms with van der Waals surface area (Å²) < 4.78 is 14.9. The number of hydrogen-bond donors (Lipinski definition) is 0. The molecule has 0 amide bonds. The van der Waals surface area contributed by atoms with Crippen LogP contribution >= 0.6 is 0 Å². The molecule has 0 aliphatic heterocycles. The fraction of sp³-hybridized carbons (Fsp3) is 0.800.